The van der Waals surface area contributed by atoms with Crippen LogP contribution in [0.2, 0.25) is 0 Å². The van der Waals surface area contributed by atoms with E-state index in [9.17, 15) is 4.79 Å². The fraction of sp³-hybridized carbons (Fsp3) is 0.0714. The van der Waals surface area contributed by atoms with Gasteiger partial charge in [-0.2, -0.15) is 0 Å². The number of ether oxygens (including phenoxy) is 1. The third-order valence-corrected chi connectivity index (χ3v) is 3.27. The average molecular weight is 368 g/mol. The summed E-state index contributed by atoms with van der Waals surface area (Å²) >= 11 is 2.21. The minimum absolute atomic E-state index is 0.384. The van der Waals surface area contributed by atoms with Crippen LogP contribution in [-0.4, -0.2) is 5.91 Å². The van der Waals surface area contributed by atoms with E-state index in [0.29, 0.717) is 5.75 Å². The van der Waals surface area contributed by atoms with Gasteiger partial charge in [0.25, 0.3) is 5.91 Å². The number of carbonyl (C=O) groups excluding carboxylic acids is 1. The van der Waals surface area contributed by atoms with Crippen LogP contribution in [0.25, 0.3) is 0 Å². The second-order valence-electron chi connectivity index (χ2n) is 3.87. The van der Waals surface area contributed by atoms with E-state index >= 15 is 0 Å². The minimum atomic E-state index is -0.758. The molecule has 5 heteroatoms. The molecule has 0 heterocycles. The summed E-state index contributed by atoms with van der Waals surface area (Å²) < 4.78 is 6.81. The number of carbonyl (C=O) groups is 1. The van der Waals surface area contributed by atoms with E-state index in [1.807, 2.05) is 54.6 Å². The summed E-state index contributed by atoms with van der Waals surface area (Å²) in [5.74, 6) is 5.45. The molecule has 0 saturated carbocycles. The highest BCUT2D eigenvalue weighted by molar-refractivity contribution is 14.1. The Labute approximate surface area is 125 Å². The van der Waals surface area contributed by atoms with Gasteiger partial charge in [-0.1, -0.05) is 30.3 Å². The monoisotopic (exact) mass is 368 g/mol. The molecular formula is C14H13IN2O2. The quantitative estimate of drug-likeness (QED) is 0.377. The normalized spacial score (nSPS) is 11.7. The Morgan fingerprint density at radius 2 is 1.74 bits per heavy atom. The van der Waals surface area contributed by atoms with Crippen molar-refractivity contribution >= 4 is 28.5 Å². The Hall–Kier alpha value is -1.60. The van der Waals surface area contributed by atoms with Crippen molar-refractivity contribution in [3.8, 4) is 5.75 Å². The lowest BCUT2D eigenvalue weighted by molar-refractivity contribution is -0.128. The van der Waals surface area contributed by atoms with E-state index in [1.165, 1.54) is 0 Å². The number of halogens is 1. The van der Waals surface area contributed by atoms with Crippen molar-refractivity contribution in [3.63, 3.8) is 0 Å². The summed E-state index contributed by atoms with van der Waals surface area (Å²) in [7, 11) is 0. The smallest absolute Gasteiger partial charge is 0.279 e. The van der Waals surface area contributed by atoms with E-state index < -0.39 is 6.10 Å². The second kappa shape index (κ2) is 6.53. The predicted molar refractivity (Wildman–Crippen MR) is 81.3 cm³/mol. The van der Waals surface area contributed by atoms with Gasteiger partial charge in [0.05, 0.1) is 0 Å². The Morgan fingerprint density at radius 1 is 1.11 bits per heavy atom. The molecular weight excluding hydrogens is 355 g/mol. The average Bonchev–Trinajstić information content (AvgIpc) is 2.47. The minimum Gasteiger partial charge on any atom is -0.476 e. The highest BCUT2D eigenvalue weighted by Crippen LogP contribution is 2.22. The number of hydrazine groups is 1. The molecule has 1 atom stereocenters. The van der Waals surface area contributed by atoms with Gasteiger partial charge in [-0.05, 0) is 46.9 Å². The lowest BCUT2D eigenvalue weighted by atomic mass is 10.1. The molecule has 0 radical (unpaired) electrons. The van der Waals surface area contributed by atoms with Crippen LogP contribution >= 0.6 is 22.6 Å². The standard InChI is InChI=1S/C14H13IN2O2/c15-11-6-8-12(9-7-11)19-13(14(18)17-16)10-4-2-1-3-5-10/h1-9,13H,16H2,(H,17,18). The molecule has 2 aromatic rings. The van der Waals surface area contributed by atoms with Crippen LogP contribution in [-0.2, 0) is 4.79 Å². The van der Waals surface area contributed by atoms with Crippen LogP contribution < -0.4 is 16.0 Å². The molecule has 0 saturated heterocycles. The summed E-state index contributed by atoms with van der Waals surface area (Å²) in [6.07, 6.45) is -0.758. The maximum atomic E-state index is 11.8. The third kappa shape index (κ3) is 3.68. The molecule has 2 aromatic carbocycles. The number of hydrogen-bond donors (Lipinski definition) is 2. The van der Waals surface area contributed by atoms with Crippen molar-refractivity contribution in [3.05, 3.63) is 63.7 Å². The van der Waals surface area contributed by atoms with Crippen molar-refractivity contribution in [2.45, 2.75) is 6.10 Å². The number of benzene rings is 2. The molecule has 2 rings (SSSR count). The number of amides is 1. The molecule has 0 bridgehead atoms. The molecule has 3 N–H and O–H groups in total. The first kappa shape index (κ1) is 13.8. The fourth-order valence-electron chi connectivity index (χ4n) is 1.63. The number of hydrogen-bond acceptors (Lipinski definition) is 3. The van der Waals surface area contributed by atoms with Gasteiger partial charge in [0.2, 0.25) is 6.10 Å². The Bertz CT molecular complexity index is 543. The zero-order valence-corrected chi connectivity index (χ0v) is 12.2. The van der Waals surface area contributed by atoms with Crippen molar-refractivity contribution in [2.24, 2.45) is 5.84 Å². The molecule has 0 aromatic heterocycles. The molecule has 4 nitrogen and oxygen atoms in total. The summed E-state index contributed by atoms with van der Waals surface area (Å²) in [5, 5.41) is 0. The Balaban J connectivity index is 2.24. The summed E-state index contributed by atoms with van der Waals surface area (Å²) in [6.45, 7) is 0. The van der Waals surface area contributed by atoms with Crippen LogP contribution in [0, 0.1) is 3.57 Å². The summed E-state index contributed by atoms with van der Waals surface area (Å²) in [5.41, 5.74) is 2.88. The lowest BCUT2D eigenvalue weighted by Crippen LogP contribution is -2.37. The SMILES string of the molecule is NNC(=O)C(Oc1ccc(I)cc1)c1ccccc1. The molecule has 1 amide bonds. The van der Waals surface area contributed by atoms with Crippen LogP contribution in [0.4, 0.5) is 0 Å². The Kier molecular flexibility index (Phi) is 4.75. The van der Waals surface area contributed by atoms with Gasteiger partial charge in [-0.25, -0.2) is 5.84 Å². The van der Waals surface area contributed by atoms with Gasteiger partial charge in [-0.15, -0.1) is 0 Å². The fourth-order valence-corrected chi connectivity index (χ4v) is 1.99. The van der Waals surface area contributed by atoms with Gasteiger partial charge < -0.3 is 4.74 Å². The van der Waals surface area contributed by atoms with Gasteiger partial charge in [-0.3, -0.25) is 10.2 Å². The van der Waals surface area contributed by atoms with Crippen molar-refractivity contribution in [1.82, 2.24) is 5.43 Å². The van der Waals surface area contributed by atoms with Gasteiger partial charge in [0, 0.05) is 9.13 Å². The molecule has 0 fully saturated rings. The molecule has 98 valence electrons. The first-order valence-corrected chi connectivity index (χ1v) is 6.76. The van der Waals surface area contributed by atoms with E-state index in [2.05, 4.69) is 28.0 Å². The Morgan fingerprint density at radius 3 is 2.32 bits per heavy atom. The van der Waals surface area contributed by atoms with Crippen molar-refractivity contribution < 1.29 is 9.53 Å². The first-order chi connectivity index (χ1) is 9.20. The third-order valence-electron chi connectivity index (χ3n) is 2.55. The lowest BCUT2D eigenvalue weighted by Gasteiger charge is -2.17. The van der Waals surface area contributed by atoms with Gasteiger partial charge in [0.1, 0.15) is 5.75 Å². The zero-order valence-electron chi connectivity index (χ0n) is 10.0. The maximum absolute atomic E-state index is 11.8. The maximum Gasteiger partial charge on any atom is 0.279 e. The van der Waals surface area contributed by atoms with Crippen molar-refractivity contribution in [1.29, 1.82) is 0 Å². The molecule has 0 spiro atoms. The van der Waals surface area contributed by atoms with E-state index in [-0.39, 0.29) is 5.91 Å². The second-order valence-corrected chi connectivity index (χ2v) is 5.12. The van der Waals surface area contributed by atoms with Gasteiger partial charge in [0.15, 0.2) is 0 Å². The molecule has 0 aliphatic rings. The van der Waals surface area contributed by atoms with E-state index in [1.54, 1.807) is 0 Å². The molecule has 19 heavy (non-hydrogen) atoms. The first-order valence-electron chi connectivity index (χ1n) is 5.68. The topological polar surface area (TPSA) is 64.3 Å². The molecule has 0 aliphatic heterocycles. The number of rotatable bonds is 4. The highest BCUT2D eigenvalue weighted by Gasteiger charge is 2.21. The van der Waals surface area contributed by atoms with Gasteiger partial charge >= 0.3 is 0 Å². The number of nitrogens with two attached hydrogens (primary N) is 1. The van der Waals surface area contributed by atoms with Crippen LogP contribution in [0.3, 0.4) is 0 Å². The summed E-state index contributed by atoms with van der Waals surface area (Å²) in [6, 6.07) is 16.7. The molecule has 0 aliphatic carbocycles. The summed E-state index contributed by atoms with van der Waals surface area (Å²) in [4.78, 5) is 11.8. The van der Waals surface area contributed by atoms with Crippen LogP contribution in [0.5, 0.6) is 5.75 Å². The van der Waals surface area contributed by atoms with Crippen LogP contribution in [0.15, 0.2) is 54.6 Å². The highest BCUT2D eigenvalue weighted by atomic mass is 127. The van der Waals surface area contributed by atoms with E-state index in [0.717, 1.165) is 9.13 Å². The number of nitrogens with one attached hydrogen (secondary N) is 1. The van der Waals surface area contributed by atoms with Crippen molar-refractivity contribution in [2.75, 3.05) is 0 Å². The predicted octanol–water partition coefficient (Wildman–Crippen LogP) is 2.40. The zero-order chi connectivity index (χ0) is 13.7. The van der Waals surface area contributed by atoms with Crippen LogP contribution in [0.1, 0.15) is 11.7 Å². The molecule has 1 unspecified atom stereocenters. The van der Waals surface area contributed by atoms with E-state index in [4.69, 9.17) is 10.6 Å². The largest absolute Gasteiger partial charge is 0.476 e.